The molecule has 0 aliphatic carbocycles. The summed E-state index contributed by atoms with van der Waals surface area (Å²) in [6.07, 6.45) is -2.84. The number of rotatable bonds is 8. The molecule has 2 fully saturated rings. The first-order valence-electron chi connectivity index (χ1n) is 10.2. The zero-order valence-electron chi connectivity index (χ0n) is 18.2. The molecule has 2 aliphatic rings. The van der Waals surface area contributed by atoms with Crippen molar-refractivity contribution >= 4 is 0 Å². The number of nitrogens with one attached hydrogen (secondary N) is 2. The van der Waals surface area contributed by atoms with E-state index in [0.29, 0.717) is 13.1 Å². The van der Waals surface area contributed by atoms with Crippen molar-refractivity contribution in [2.75, 3.05) is 26.3 Å². The van der Waals surface area contributed by atoms with Crippen LogP contribution in [0.3, 0.4) is 0 Å². The van der Waals surface area contributed by atoms with E-state index in [4.69, 9.17) is 9.47 Å². The SMILES string of the molecule is CC(C)(C)NCC(O)C[C@]1(O)CO[C@H]2[C@@H]1OC[C@]2(O)CC(O)CNC(C)(C)C. The second-order valence-electron chi connectivity index (χ2n) is 10.6. The van der Waals surface area contributed by atoms with Crippen LogP contribution in [0.1, 0.15) is 54.4 Å². The molecule has 0 aromatic heterocycles. The van der Waals surface area contributed by atoms with Gasteiger partial charge in [-0.25, -0.2) is 0 Å². The summed E-state index contributed by atoms with van der Waals surface area (Å²) in [5.41, 5.74) is -3.02. The summed E-state index contributed by atoms with van der Waals surface area (Å²) in [7, 11) is 0. The smallest absolute Gasteiger partial charge is 0.119 e. The molecule has 0 spiro atoms. The van der Waals surface area contributed by atoms with E-state index in [9.17, 15) is 20.4 Å². The van der Waals surface area contributed by atoms with Gasteiger partial charge in [-0.3, -0.25) is 0 Å². The van der Waals surface area contributed by atoms with Crippen LogP contribution in [-0.2, 0) is 9.47 Å². The molecule has 0 amide bonds. The van der Waals surface area contributed by atoms with Gasteiger partial charge in [0.15, 0.2) is 0 Å². The van der Waals surface area contributed by atoms with Crippen LogP contribution >= 0.6 is 0 Å². The van der Waals surface area contributed by atoms with Crippen LogP contribution in [0, 0.1) is 0 Å². The fraction of sp³-hybridized carbons (Fsp3) is 1.00. The normalized spacial score (nSPS) is 35.8. The van der Waals surface area contributed by atoms with Crippen molar-refractivity contribution in [1.82, 2.24) is 10.6 Å². The Hall–Kier alpha value is -0.320. The summed E-state index contributed by atoms with van der Waals surface area (Å²) >= 11 is 0. The summed E-state index contributed by atoms with van der Waals surface area (Å²) in [5, 5.41) is 49.1. The van der Waals surface area contributed by atoms with Crippen molar-refractivity contribution in [3.05, 3.63) is 0 Å². The molecule has 0 saturated carbocycles. The van der Waals surface area contributed by atoms with Crippen LogP contribution in [0.25, 0.3) is 0 Å². The number of ether oxygens (including phenoxy) is 2. The molecule has 0 bridgehead atoms. The lowest BCUT2D eigenvalue weighted by molar-refractivity contribution is -0.111. The molecular formula is C20H40N2O6. The van der Waals surface area contributed by atoms with E-state index in [-0.39, 0.29) is 37.1 Å². The molecule has 6 atom stereocenters. The van der Waals surface area contributed by atoms with Gasteiger partial charge in [-0.2, -0.15) is 0 Å². The molecule has 6 N–H and O–H groups in total. The molecule has 166 valence electrons. The zero-order valence-corrected chi connectivity index (χ0v) is 18.2. The highest BCUT2D eigenvalue weighted by Gasteiger charge is 2.62. The molecule has 2 aliphatic heterocycles. The lowest BCUT2D eigenvalue weighted by Crippen LogP contribution is -2.51. The van der Waals surface area contributed by atoms with Crippen molar-refractivity contribution in [3.63, 3.8) is 0 Å². The largest absolute Gasteiger partial charge is 0.392 e. The van der Waals surface area contributed by atoms with Gasteiger partial charge in [0.25, 0.3) is 0 Å². The van der Waals surface area contributed by atoms with Crippen LogP contribution < -0.4 is 10.6 Å². The van der Waals surface area contributed by atoms with E-state index >= 15 is 0 Å². The minimum Gasteiger partial charge on any atom is -0.392 e. The van der Waals surface area contributed by atoms with E-state index in [2.05, 4.69) is 10.6 Å². The Bertz CT molecular complexity index is 474. The van der Waals surface area contributed by atoms with Crippen molar-refractivity contribution < 1.29 is 29.9 Å². The highest BCUT2D eigenvalue weighted by molar-refractivity contribution is 5.11. The highest BCUT2D eigenvalue weighted by atomic mass is 16.6. The first-order valence-corrected chi connectivity index (χ1v) is 10.2. The van der Waals surface area contributed by atoms with Gasteiger partial charge in [0.05, 0.1) is 25.4 Å². The summed E-state index contributed by atoms with van der Waals surface area (Å²) in [6.45, 7) is 12.7. The van der Waals surface area contributed by atoms with Gasteiger partial charge in [-0.1, -0.05) is 0 Å². The van der Waals surface area contributed by atoms with Crippen molar-refractivity contribution in [1.29, 1.82) is 0 Å². The molecular weight excluding hydrogens is 364 g/mol. The van der Waals surface area contributed by atoms with Crippen LogP contribution in [0.15, 0.2) is 0 Å². The van der Waals surface area contributed by atoms with E-state index in [1.54, 1.807) is 0 Å². The Kier molecular flexibility index (Phi) is 7.21. The predicted octanol–water partition coefficient (Wildman–Crippen LogP) is -0.476. The average Bonchev–Trinajstić information content (AvgIpc) is 3.02. The zero-order chi connectivity index (χ0) is 21.4. The number of β-amino-alcohol motifs (C(OH)–C–C–N with tert-alkyl or cyclic N) is 2. The third kappa shape index (κ3) is 6.34. The van der Waals surface area contributed by atoms with Gasteiger partial charge in [-0.05, 0) is 41.5 Å². The van der Waals surface area contributed by atoms with Crippen molar-refractivity contribution in [2.24, 2.45) is 0 Å². The van der Waals surface area contributed by atoms with Crippen LogP contribution in [0.2, 0.25) is 0 Å². The van der Waals surface area contributed by atoms with E-state index in [1.165, 1.54) is 0 Å². The summed E-state index contributed by atoms with van der Waals surface area (Å²) < 4.78 is 11.4. The van der Waals surface area contributed by atoms with Gasteiger partial charge < -0.3 is 40.5 Å². The third-order valence-corrected chi connectivity index (χ3v) is 5.27. The monoisotopic (exact) mass is 404 g/mol. The molecule has 28 heavy (non-hydrogen) atoms. The highest BCUT2D eigenvalue weighted by Crippen LogP contribution is 2.43. The molecule has 2 rings (SSSR count). The second-order valence-corrected chi connectivity index (χ2v) is 10.6. The first-order chi connectivity index (χ1) is 12.6. The Morgan fingerprint density at radius 1 is 0.786 bits per heavy atom. The van der Waals surface area contributed by atoms with Crippen molar-refractivity contribution in [3.8, 4) is 0 Å². The maximum atomic E-state index is 11.0. The number of fused-ring (bicyclic) bond motifs is 1. The van der Waals surface area contributed by atoms with E-state index < -0.39 is 35.6 Å². The molecule has 0 aromatic carbocycles. The molecule has 2 saturated heterocycles. The average molecular weight is 405 g/mol. The molecule has 0 radical (unpaired) electrons. The Balaban J connectivity index is 1.93. The maximum absolute atomic E-state index is 11.0. The minimum atomic E-state index is -1.37. The number of aliphatic hydroxyl groups is 4. The van der Waals surface area contributed by atoms with Crippen LogP contribution in [0.5, 0.6) is 0 Å². The predicted molar refractivity (Wildman–Crippen MR) is 106 cm³/mol. The first kappa shape index (κ1) is 24.0. The lowest BCUT2D eigenvalue weighted by Gasteiger charge is -2.31. The van der Waals surface area contributed by atoms with Gasteiger partial charge >= 0.3 is 0 Å². The second kappa shape index (κ2) is 8.43. The van der Waals surface area contributed by atoms with Gasteiger partial charge in [0.2, 0.25) is 0 Å². The topological polar surface area (TPSA) is 123 Å². The summed E-state index contributed by atoms with van der Waals surface area (Å²) in [6, 6.07) is 0. The summed E-state index contributed by atoms with van der Waals surface area (Å²) in [5.74, 6) is 0. The number of hydrogen-bond donors (Lipinski definition) is 6. The fourth-order valence-corrected chi connectivity index (χ4v) is 3.84. The van der Waals surface area contributed by atoms with Gasteiger partial charge in [0, 0.05) is 37.0 Å². The van der Waals surface area contributed by atoms with Gasteiger partial charge in [-0.15, -0.1) is 0 Å². The molecule has 2 heterocycles. The van der Waals surface area contributed by atoms with Crippen LogP contribution in [-0.4, -0.2) is 93.4 Å². The fourth-order valence-electron chi connectivity index (χ4n) is 3.84. The minimum absolute atomic E-state index is 0.0203. The van der Waals surface area contributed by atoms with Gasteiger partial charge in [0.1, 0.15) is 23.4 Å². The standard InChI is InChI=1S/C20H40N2O6/c1-17(2,3)21-9-13(23)7-19(25)11-27-16-15(19)28-12-20(16,26)8-14(24)10-22-18(4,5)6/h13-16,21-26H,7-12H2,1-6H3/t13?,14?,15-,16-,19-,20+/m0/s1. The number of aliphatic hydroxyl groups excluding tert-OH is 2. The molecule has 0 aromatic rings. The lowest BCUT2D eigenvalue weighted by atomic mass is 9.84. The maximum Gasteiger partial charge on any atom is 0.119 e. The van der Waals surface area contributed by atoms with E-state index in [0.717, 1.165) is 0 Å². The molecule has 8 heteroatoms. The third-order valence-electron chi connectivity index (χ3n) is 5.27. The quantitative estimate of drug-likeness (QED) is 0.321. The molecule has 8 nitrogen and oxygen atoms in total. The van der Waals surface area contributed by atoms with Crippen molar-refractivity contribution in [2.45, 2.75) is 101 Å². The summed E-state index contributed by atoms with van der Waals surface area (Å²) in [4.78, 5) is 0. The number of hydrogen-bond acceptors (Lipinski definition) is 8. The molecule has 2 unspecified atom stereocenters. The van der Waals surface area contributed by atoms with Crippen LogP contribution in [0.4, 0.5) is 0 Å². The Morgan fingerprint density at radius 2 is 1.11 bits per heavy atom. The van der Waals surface area contributed by atoms with E-state index in [1.807, 2.05) is 41.5 Å². The Morgan fingerprint density at radius 3 is 1.39 bits per heavy atom. The Labute approximate surface area is 168 Å².